The highest BCUT2D eigenvalue weighted by molar-refractivity contribution is 7.99. The number of urea groups is 1. The first-order valence-corrected chi connectivity index (χ1v) is 11.3. The fourth-order valence-electron chi connectivity index (χ4n) is 2.82. The number of hydrogen-bond donors (Lipinski definition) is 2. The predicted octanol–water partition coefficient (Wildman–Crippen LogP) is 2.08. The van der Waals surface area contributed by atoms with Gasteiger partial charge >= 0.3 is 6.03 Å². The number of carbonyl (C=O) groups excluding carboxylic acids is 2. The van der Waals surface area contributed by atoms with Crippen LogP contribution in [-0.2, 0) is 16.1 Å². The van der Waals surface area contributed by atoms with E-state index in [4.69, 9.17) is 4.74 Å². The molecule has 0 aliphatic carbocycles. The third kappa shape index (κ3) is 5.69. The zero-order valence-corrected chi connectivity index (χ0v) is 19.1. The lowest BCUT2D eigenvalue weighted by molar-refractivity contribution is -0.117. The average molecular weight is 462 g/mol. The molecule has 0 bridgehead atoms. The van der Waals surface area contributed by atoms with E-state index in [-0.39, 0.29) is 17.9 Å². The maximum atomic E-state index is 13.3. The highest BCUT2D eigenvalue weighted by Gasteiger charge is 2.18. The van der Waals surface area contributed by atoms with Crippen LogP contribution in [0.3, 0.4) is 0 Å². The Hall–Kier alpha value is -2.76. The van der Waals surface area contributed by atoms with Gasteiger partial charge in [0.25, 0.3) is 5.56 Å². The lowest BCUT2D eigenvalue weighted by atomic mass is 10.2. The summed E-state index contributed by atoms with van der Waals surface area (Å²) in [7, 11) is 1.52. The summed E-state index contributed by atoms with van der Waals surface area (Å²) >= 11 is 2.55. The molecule has 3 rings (SSSR count). The summed E-state index contributed by atoms with van der Waals surface area (Å²) in [6.07, 6.45) is 1.66. The number of ether oxygens (including phenoxy) is 1. The molecule has 11 heteroatoms. The first kappa shape index (κ1) is 22.9. The molecular weight excluding hydrogens is 438 g/mol. The normalized spacial score (nSPS) is 10.9. The van der Waals surface area contributed by atoms with Crippen LogP contribution in [-0.4, -0.2) is 52.5 Å². The van der Waals surface area contributed by atoms with Crippen LogP contribution in [0.4, 0.5) is 4.79 Å². The van der Waals surface area contributed by atoms with Gasteiger partial charge in [0.1, 0.15) is 4.83 Å². The summed E-state index contributed by atoms with van der Waals surface area (Å²) in [6, 6.07) is 4.88. The maximum Gasteiger partial charge on any atom is 0.321 e. The van der Waals surface area contributed by atoms with Gasteiger partial charge in [-0.2, -0.15) is 0 Å². The molecule has 9 nitrogen and oxygen atoms in total. The molecule has 3 aromatic rings. The number of thiophene rings is 1. The number of aryl methyl sites for hydroxylation is 2. The molecule has 0 aliphatic heterocycles. The summed E-state index contributed by atoms with van der Waals surface area (Å²) in [4.78, 5) is 47.8. The number of amides is 3. The molecule has 0 spiro atoms. The zero-order chi connectivity index (χ0) is 22.4. The van der Waals surface area contributed by atoms with E-state index in [1.165, 1.54) is 23.0 Å². The molecule has 3 aromatic heterocycles. The van der Waals surface area contributed by atoms with E-state index in [1.54, 1.807) is 12.3 Å². The molecule has 0 radical (unpaired) electrons. The number of methoxy groups -OCH3 is 1. The number of imide groups is 1. The van der Waals surface area contributed by atoms with E-state index in [9.17, 15) is 14.4 Å². The number of fused-ring (bicyclic) bond motifs is 1. The maximum absolute atomic E-state index is 13.3. The van der Waals surface area contributed by atoms with Gasteiger partial charge in [0.15, 0.2) is 5.16 Å². The summed E-state index contributed by atoms with van der Waals surface area (Å²) < 4.78 is 6.37. The molecule has 2 N–H and O–H groups in total. The smallest absolute Gasteiger partial charge is 0.321 e. The predicted molar refractivity (Wildman–Crippen MR) is 121 cm³/mol. The average Bonchev–Trinajstić information content (AvgIpc) is 3.03. The third-order valence-electron chi connectivity index (χ3n) is 4.48. The van der Waals surface area contributed by atoms with Crippen molar-refractivity contribution in [3.05, 3.63) is 50.9 Å². The van der Waals surface area contributed by atoms with Crippen LogP contribution in [0.2, 0.25) is 0 Å². The molecule has 3 heterocycles. The second-order valence-corrected chi connectivity index (χ2v) is 8.80. The van der Waals surface area contributed by atoms with Crippen molar-refractivity contribution in [2.75, 3.05) is 26.0 Å². The summed E-state index contributed by atoms with van der Waals surface area (Å²) in [5, 5.41) is 5.76. The van der Waals surface area contributed by atoms with E-state index < -0.39 is 11.9 Å². The zero-order valence-electron chi connectivity index (χ0n) is 17.4. The Morgan fingerprint density at radius 1 is 1.29 bits per heavy atom. The van der Waals surface area contributed by atoms with Crippen LogP contribution in [0.25, 0.3) is 10.2 Å². The van der Waals surface area contributed by atoms with Crippen LogP contribution in [0, 0.1) is 13.8 Å². The summed E-state index contributed by atoms with van der Waals surface area (Å²) in [5.74, 6) is -0.557. The standard InChI is InChI=1S/C20H23N5O4S2/c1-12-13(2)31-17-16(12)18(27)25(10-14-6-4-5-7-21-14)20(24-17)30-11-15(26)23-19(28)22-8-9-29-3/h4-7H,8-11H2,1-3H3,(H2,22,23,26,28). The fourth-order valence-corrected chi connectivity index (χ4v) is 4.68. The lowest BCUT2D eigenvalue weighted by Crippen LogP contribution is -2.41. The Bertz CT molecular complexity index is 1140. The van der Waals surface area contributed by atoms with Gasteiger partial charge in [-0.3, -0.25) is 24.5 Å². The van der Waals surface area contributed by atoms with Gasteiger partial charge in [0.2, 0.25) is 5.91 Å². The number of thioether (sulfide) groups is 1. The fraction of sp³-hybridized carbons (Fsp3) is 0.350. The molecule has 164 valence electrons. The molecule has 3 amide bonds. The number of aromatic nitrogens is 3. The molecule has 0 aliphatic rings. The third-order valence-corrected chi connectivity index (χ3v) is 6.55. The number of carbonyl (C=O) groups is 2. The Kier molecular flexibility index (Phi) is 7.77. The molecule has 0 aromatic carbocycles. The number of pyridine rings is 1. The molecule has 31 heavy (non-hydrogen) atoms. The van der Waals surface area contributed by atoms with Crippen molar-refractivity contribution in [1.82, 2.24) is 25.2 Å². The van der Waals surface area contributed by atoms with E-state index in [0.717, 1.165) is 22.2 Å². The van der Waals surface area contributed by atoms with Gasteiger partial charge in [-0.1, -0.05) is 17.8 Å². The summed E-state index contributed by atoms with van der Waals surface area (Å²) in [6.45, 7) is 4.73. The number of rotatable bonds is 8. The minimum Gasteiger partial charge on any atom is -0.383 e. The Morgan fingerprint density at radius 3 is 2.81 bits per heavy atom. The van der Waals surface area contributed by atoms with Gasteiger partial charge < -0.3 is 10.1 Å². The topological polar surface area (TPSA) is 115 Å². The molecule has 0 fully saturated rings. The second kappa shape index (κ2) is 10.5. The quantitative estimate of drug-likeness (QED) is 0.300. The van der Waals surface area contributed by atoms with Gasteiger partial charge in [-0.15, -0.1) is 11.3 Å². The van der Waals surface area contributed by atoms with Gasteiger partial charge in [-0.05, 0) is 31.5 Å². The van der Waals surface area contributed by atoms with Crippen molar-refractivity contribution in [1.29, 1.82) is 0 Å². The van der Waals surface area contributed by atoms with E-state index in [1.807, 2.05) is 26.0 Å². The number of nitrogens with zero attached hydrogens (tertiary/aromatic N) is 3. The molecule has 0 atom stereocenters. The van der Waals surface area contributed by atoms with Crippen molar-refractivity contribution in [3.8, 4) is 0 Å². The van der Waals surface area contributed by atoms with Crippen molar-refractivity contribution in [2.45, 2.75) is 25.5 Å². The number of hydrogen-bond acceptors (Lipinski definition) is 8. The van der Waals surface area contributed by atoms with Crippen LogP contribution in [0.15, 0.2) is 34.3 Å². The van der Waals surface area contributed by atoms with Gasteiger partial charge in [0.05, 0.1) is 30.0 Å². The Balaban J connectivity index is 1.83. The highest BCUT2D eigenvalue weighted by Crippen LogP contribution is 2.28. The first-order valence-electron chi connectivity index (χ1n) is 9.50. The van der Waals surface area contributed by atoms with Crippen molar-refractivity contribution in [2.24, 2.45) is 0 Å². The minimum absolute atomic E-state index is 0.0683. The van der Waals surface area contributed by atoms with E-state index in [0.29, 0.717) is 34.2 Å². The van der Waals surface area contributed by atoms with Crippen LogP contribution in [0.5, 0.6) is 0 Å². The highest BCUT2D eigenvalue weighted by atomic mass is 32.2. The van der Waals surface area contributed by atoms with Crippen molar-refractivity contribution >= 4 is 45.3 Å². The molecule has 0 unspecified atom stereocenters. The molecule has 0 saturated heterocycles. The SMILES string of the molecule is COCCNC(=O)NC(=O)CSc1nc2sc(C)c(C)c2c(=O)n1Cc1ccccn1. The Morgan fingerprint density at radius 2 is 2.10 bits per heavy atom. The minimum atomic E-state index is -0.596. The van der Waals surface area contributed by atoms with Crippen molar-refractivity contribution in [3.63, 3.8) is 0 Å². The van der Waals surface area contributed by atoms with Gasteiger partial charge in [-0.25, -0.2) is 9.78 Å². The van der Waals surface area contributed by atoms with Crippen LogP contribution >= 0.6 is 23.1 Å². The van der Waals surface area contributed by atoms with E-state index in [2.05, 4.69) is 20.6 Å². The first-order chi connectivity index (χ1) is 14.9. The van der Waals surface area contributed by atoms with Gasteiger partial charge in [0, 0.05) is 24.7 Å². The monoisotopic (exact) mass is 461 g/mol. The second-order valence-electron chi connectivity index (χ2n) is 6.66. The lowest BCUT2D eigenvalue weighted by Gasteiger charge is -2.12. The van der Waals surface area contributed by atoms with Crippen molar-refractivity contribution < 1.29 is 14.3 Å². The van der Waals surface area contributed by atoms with Crippen LogP contribution < -0.4 is 16.2 Å². The number of nitrogens with one attached hydrogen (secondary N) is 2. The summed E-state index contributed by atoms with van der Waals surface area (Å²) in [5.41, 5.74) is 1.45. The largest absolute Gasteiger partial charge is 0.383 e. The van der Waals surface area contributed by atoms with E-state index >= 15 is 0 Å². The Labute approximate surface area is 187 Å². The molecular formula is C20H23N5O4S2. The molecule has 0 saturated carbocycles. The van der Waals surface area contributed by atoms with Crippen LogP contribution in [0.1, 0.15) is 16.1 Å².